The summed E-state index contributed by atoms with van der Waals surface area (Å²) in [5.41, 5.74) is 7.07. The third kappa shape index (κ3) is 3.50. The van der Waals surface area contributed by atoms with Crippen LogP contribution in [0.5, 0.6) is 0 Å². The van der Waals surface area contributed by atoms with Crippen LogP contribution in [0.15, 0.2) is 12.1 Å². The summed E-state index contributed by atoms with van der Waals surface area (Å²) >= 11 is 5.68. The Kier molecular flexibility index (Phi) is 4.63. The molecule has 2 nitrogen and oxygen atoms in total. The van der Waals surface area contributed by atoms with E-state index in [1.807, 2.05) is 11.9 Å². The van der Waals surface area contributed by atoms with E-state index in [0.717, 1.165) is 6.42 Å². The maximum atomic E-state index is 13.4. The molecule has 96 valence electrons. The van der Waals surface area contributed by atoms with Gasteiger partial charge in [-0.3, -0.25) is 0 Å². The van der Waals surface area contributed by atoms with E-state index in [-0.39, 0.29) is 5.02 Å². The molecular formula is C13H20ClFN2. The van der Waals surface area contributed by atoms with E-state index in [4.69, 9.17) is 17.3 Å². The highest BCUT2D eigenvalue weighted by atomic mass is 35.5. The van der Waals surface area contributed by atoms with E-state index in [2.05, 4.69) is 20.8 Å². The topological polar surface area (TPSA) is 29.3 Å². The number of nitrogens with zero attached hydrogens (tertiary/aromatic N) is 1. The molecule has 0 aliphatic rings. The smallest absolute Gasteiger partial charge is 0.144 e. The predicted octanol–water partition coefficient (Wildman–Crippen LogP) is 3.93. The fourth-order valence-corrected chi connectivity index (χ4v) is 2.11. The van der Waals surface area contributed by atoms with Crippen molar-refractivity contribution in [3.05, 3.63) is 23.0 Å². The lowest BCUT2D eigenvalue weighted by Crippen LogP contribution is -2.30. The molecule has 1 atom stereocenters. The van der Waals surface area contributed by atoms with E-state index < -0.39 is 5.82 Å². The highest BCUT2D eigenvalue weighted by Gasteiger charge is 2.16. The van der Waals surface area contributed by atoms with Gasteiger partial charge in [-0.15, -0.1) is 0 Å². The lowest BCUT2D eigenvalue weighted by molar-refractivity contribution is 0.503. The molecule has 0 aliphatic carbocycles. The number of anilines is 2. The van der Waals surface area contributed by atoms with Crippen molar-refractivity contribution in [1.29, 1.82) is 0 Å². The van der Waals surface area contributed by atoms with Crippen LogP contribution in [0, 0.1) is 11.7 Å². The average Bonchev–Trinajstić information content (AvgIpc) is 2.21. The molecule has 0 saturated heterocycles. The molecule has 4 heteroatoms. The average molecular weight is 259 g/mol. The normalized spacial score (nSPS) is 12.9. The van der Waals surface area contributed by atoms with Gasteiger partial charge in [0, 0.05) is 19.2 Å². The molecule has 1 aromatic carbocycles. The van der Waals surface area contributed by atoms with Crippen molar-refractivity contribution in [3.63, 3.8) is 0 Å². The van der Waals surface area contributed by atoms with Gasteiger partial charge in [0.15, 0.2) is 0 Å². The second-order valence-corrected chi connectivity index (χ2v) is 5.32. The lowest BCUT2D eigenvalue weighted by atomic mass is 10.0. The Morgan fingerprint density at radius 3 is 2.47 bits per heavy atom. The van der Waals surface area contributed by atoms with E-state index >= 15 is 0 Å². The van der Waals surface area contributed by atoms with Crippen molar-refractivity contribution < 1.29 is 4.39 Å². The summed E-state index contributed by atoms with van der Waals surface area (Å²) in [6, 6.07) is 3.16. The SMILES string of the molecule is CC(C)CC(C)N(C)c1cc(F)c(Cl)cc1N. The Morgan fingerprint density at radius 2 is 1.94 bits per heavy atom. The van der Waals surface area contributed by atoms with Gasteiger partial charge in [0.25, 0.3) is 0 Å². The van der Waals surface area contributed by atoms with Crippen LogP contribution in [0.4, 0.5) is 15.8 Å². The van der Waals surface area contributed by atoms with Gasteiger partial charge in [-0.1, -0.05) is 25.4 Å². The van der Waals surface area contributed by atoms with Gasteiger partial charge in [0.1, 0.15) is 5.82 Å². The van der Waals surface area contributed by atoms with Crippen molar-refractivity contribution in [2.24, 2.45) is 5.92 Å². The van der Waals surface area contributed by atoms with E-state index in [1.54, 1.807) is 0 Å². The standard InChI is InChI=1S/C13H20ClFN2/c1-8(2)5-9(3)17(4)13-7-11(15)10(14)6-12(13)16/h6-9H,5,16H2,1-4H3. The van der Waals surface area contributed by atoms with E-state index in [9.17, 15) is 4.39 Å². The number of benzene rings is 1. The third-order valence-electron chi connectivity index (χ3n) is 2.92. The van der Waals surface area contributed by atoms with Gasteiger partial charge < -0.3 is 10.6 Å². The first-order chi connectivity index (χ1) is 7.82. The lowest BCUT2D eigenvalue weighted by Gasteiger charge is -2.29. The van der Waals surface area contributed by atoms with Crippen molar-refractivity contribution in [1.82, 2.24) is 0 Å². The van der Waals surface area contributed by atoms with Crippen LogP contribution in [0.25, 0.3) is 0 Å². The zero-order valence-electron chi connectivity index (χ0n) is 10.8. The number of halogens is 2. The molecule has 0 aromatic heterocycles. The fourth-order valence-electron chi connectivity index (χ4n) is 1.93. The van der Waals surface area contributed by atoms with Crippen molar-refractivity contribution in [2.45, 2.75) is 33.2 Å². The molecular weight excluding hydrogens is 239 g/mol. The molecule has 0 aliphatic heterocycles. The van der Waals surface area contributed by atoms with Gasteiger partial charge >= 0.3 is 0 Å². The number of hydrogen-bond donors (Lipinski definition) is 1. The second-order valence-electron chi connectivity index (χ2n) is 4.91. The number of nitrogens with two attached hydrogens (primary N) is 1. The first kappa shape index (κ1) is 14.1. The van der Waals surface area contributed by atoms with Crippen LogP contribution in [0.3, 0.4) is 0 Å². The molecule has 0 saturated carbocycles. The number of hydrogen-bond acceptors (Lipinski definition) is 2. The van der Waals surface area contributed by atoms with Crippen LogP contribution < -0.4 is 10.6 Å². The summed E-state index contributed by atoms with van der Waals surface area (Å²) in [5, 5.41) is 0.0659. The third-order valence-corrected chi connectivity index (χ3v) is 3.21. The summed E-state index contributed by atoms with van der Waals surface area (Å²) in [6.45, 7) is 6.43. The Labute approximate surface area is 108 Å². The molecule has 0 heterocycles. The van der Waals surface area contributed by atoms with E-state index in [1.165, 1.54) is 12.1 Å². The summed E-state index contributed by atoms with van der Waals surface area (Å²) in [4.78, 5) is 1.99. The molecule has 0 spiro atoms. The Hall–Kier alpha value is -0.960. The molecule has 0 radical (unpaired) electrons. The van der Waals surface area contributed by atoms with Crippen molar-refractivity contribution in [2.75, 3.05) is 17.7 Å². The number of rotatable bonds is 4. The van der Waals surface area contributed by atoms with Gasteiger partial charge in [-0.25, -0.2) is 4.39 Å². The van der Waals surface area contributed by atoms with Crippen LogP contribution >= 0.6 is 11.6 Å². The zero-order valence-corrected chi connectivity index (χ0v) is 11.6. The van der Waals surface area contributed by atoms with Crippen LogP contribution in [0.2, 0.25) is 5.02 Å². The van der Waals surface area contributed by atoms with Crippen molar-refractivity contribution in [3.8, 4) is 0 Å². The molecule has 1 rings (SSSR count). The molecule has 1 aromatic rings. The minimum absolute atomic E-state index is 0.0659. The Balaban J connectivity index is 2.95. The van der Waals surface area contributed by atoms with Crippen molar-refractivity contribution >= 4 is 23.0 Å². The molecule has 0 fully saturated rings. The van der Waals surface area contributed by atoms with Crippen LogP contribution in [-0.4, -0.2) is 13.1 Å². The summed E-state index contributed by atoms with van der Waals surface area (Å²) < 4.78 is 13.4. The first-order valence-corrected chi connectivity index (χ1v) is 6.18. The highest BCUT2D eigenvalue weighted by molar-refractivity contribution is 6.31. The zero-order chi connectivity index (χ0) is 13.2. The fraction of sp³-hybridized carbons (Fsp3) is 0.538. The maximum absolute atomic E-state index is 13.4. The van der Waals surface area contributed by atoms with Crippen LogP contribution in [-0.2, 0) is 0 Å². The van der Waals surface area contributed by atoms with Gasteiger partial charge in [-0.05, 0) is 25.3 Å². The Bertz CT molecular complexity index is 393. The van der Waals surface area contributed by atoms with Gasteiger partial charge in [-0.2, -0.15) is 0 Å². The quantitative estimate of drug-likeness (QED) is 0.829. The first-order valence-electron chi connectivity index (χ1n) is 5.80. The molecule has 1 unspecified atom stereocenters. The molecule has 0 bridgehead atoms. The predicted molar refractivity (Wildman–Crippen MR) is 73.1 cm³/mol. The second kappa shape index (κ2) is 5.58. The summed E-state index contributed by atoms with van der Waals surface area (Å²) in [5.74, 6) is 0.158. The molecule has 17 heavy (non-hydrogen) atoms. The number of nitrogen functional groups attached to an aromatic ring is 1. The molecule has 0 amide bonds. The Morgan fingerprint density at radius 1 is 1.35 bits per heavy atom. The van der Waals surface area contributed by atoms with E-state index in [0.29, 0.717) is 23.3 Å². The summed E-state index contributed by atoms with van der Waals surface area (Å²) in [6.07, 6.45) is 1.03. The minimum Gasteiger partial charge on any atom is -0.397 e. The summed E-state index contributed by atoms with van der Waals surface area (Å²) in [7, 11) is 1.92. The van der Waals surface area contributed by atoms with Crippen LogP contribution in [0.1, 0.15) is 27.2 Å². The van der Waals surface area contributed by atoms with Gasteiger partial charge in [0.05, 0.1) is 16.4 Å². The maximum Gasteiger partial charge on any atom is 0.144 e. The van der Waals surface area contributed by atoms with Gasteiger partial charge in [0.2, 0.25) is 0 Å². The monoisotopic (exact) mass is 258 g/mol. The molecule has 2 N–H and O–H groups in total. The highest BCUT2D eigenvalue weighted by Crippen LogP contribution is 2.30. The largest absolute Gasteiger partial charge is 0.397 e. The minimum atomic E-state index is -0.431.